The molecule has 6 heteroatoms. The average Bonchev–Trinajstić information content (AvgIpc) is 3.03. The zero-order valence-corrected chi connectivity index (χ0v) is 12.9. The number of piperazine rings is 1. The molecule has 1 aromatic carbocycles. The Morgan fingerprint density at radius 1 is 1.32 bits per heavy atom. The summed E-state index contributed by atoms with van der Waals surface area (Å²) < 4.78 is 5.23. The van der Waals surface area contributed by atoms with E-state index in [0.29, 0.717) is 23.7 Å². The van der Waals surface area contributed by atoms with E-state index in [2.05, 4.69) is 5.32 Å². The molecule has 3 rings (SSSR count). The van der Waals surface area contributed by atoms with Crippen LogP contribution >= 0.6 is 11.3 Å². The number of carbonyl (C=O) groups excluding carboxylic acids is 2. The molecule has 0 spiro atoms. The highest BCUT2D eigenvalue weighted by molar-refractivity contribution is 7.12. The Labute approximate surface area is 132 Å². The first kappa shape index (κ1) is 14.6. The van der Waals surface area contributed by atoms with Gasteiger partial charge in [0.25, 0.3) is 5.91 Å². The Morgan fingerprint density at radius 2 is 2.09 bits per heavy atom. The van der Waals surface area contributed by atoms with Crippen LogP contribution in [0.25, 0.3) is 0 Å². The summed E-state index contributed by atoms with van der Waals surface area (Å²) in [5.74, 6) is 0.227. The van der Waals surface area contributed by atoms with Gasteiger partial charge in [-0.2, -0.15) is 0 Å². The van der Waals surface area contributed by atoms with Crippen molar-refractivity contribution in [3.8, 4) is 5.75 Å². The smallest absolute Gasteiger partial charge is 0.268 e. The third-order valence-corrected chi connectivity index (χ3v) is 4.52. The summed E-state index contributed by atoms with van der Waals surface area (Å²) in [7, 11) is 1.54. The molecule has 1 aromatic heterocycles. The number of amides is 2. The van der Waals surface area contributed by atoms with E-state index in [1.807, 2.05) is 35.7 Å². The van der Waals surface area contributed by atoms with Gasteiger partial charge in [0.1, 0.15) is 16.7 Å². The molecule has 5 nitrogen and oxygen atoms in total. The first-order valence-electron chi connectivity index (χ1n) is 6.97. The minimum Gasteiger partial charge on any atom is -0.495 e. The Kier molecular flexibility index (Phi) is 4.11. The molecule has 1 N–H and O–H groups in total. The van der Waals surface area contributed by atoms with E-state index in [4.69, 9.17) is 4.74 Å². The zero-order chi connectivity index (χ0) is 15.5. The lowest BCUT2D eigenvalue weighted by Gasteiger charge is -2.35. The molecule has 1 aliphatic heterocycles. The van der Waals surface area contributed by atoms with Crippen LogP contribution in [0.1, 0.15) is 21.3 Å². The Balaban J connectivity index is 1.96. The number of carbonyl (C=O) groups is 2. The predicted molar refractivity (Wildman–Crippen MR) is 84.1 cm³/mol. The summed E-state index contributed by atoms with van der Waals surface area (Å²) in [5, 5.41) is 4.64. The maximum atomic E-state index is 12.8. The normalized spacial score (nSPS) is 18.0. The Hall–Kier alpha value is -2.34. The van der Waals surface area contributed by atoms with Crippen LogP contribution < -0.4 is 10.1 Å². The van der Waals surface area contributed by atoms with Gasteiger partial charge in [0.2, 0.25) is 5.91 Å². The topological polar surface area (TPSA) is 58.6 Å². The van der Waals surface area contributed by atoms with E-state index in [-0.39, 0.29) is 11.8 Å². The van der Waals surface area contributed by atoms with Gasteiger partial charge in [-0.1, -0.05) is 30.3 Å². The Morgan fingerprint density at radius 3 is 2.82 bits per heavy atom. The van der Waals surface area contributed by atoms with Crippen molar-refractivity contribution in [2.24, 2.45) is 0 Å². The molecule has 1 fully saturated rings. The maximum absolute atomic E-state index is 12.8. The first-order chi connectivity index (χ1) is 10.7. The number of ether oxygens (including phenoxy) is 1. The van der Waals surface area contributed by atoms with E-state index >= 15 is 0 Å². The standard InChI is InChI=1S/C16H16N2O3S/c1-21-12-7-10-22-14(12)16(20)18-9-8-17-15(19)13(18)11-5-3-2-4-6-11/h2-7,10,13H,8-9H2,1H3,(H,17,19). The number of benzene rings is 1. The number of hydrogen-bond donors (Lipinski definition) is 1. The largest absolute Gasteiger partial charge is 0.495 e. The quantitative estimate of drug-likeness (QED) is 0.943. The fourth-order valence-corrected chi connectivity index (χ4v) is 3.41. The highest BCUT2D eigenvalue weighted by atomic mass is 32.1. The number of methoxy groups -OCH3 is 1. The molecule has 0 radical (unpaired) electrons. The fraction of sp³-hybridized carbons (Fsp3) is 0.250. The van der Waals surface area contributed by atoms with Crippen LogP contribution in [-0.4, -0.2) is 36.9 Å². The van der Waals surface area contributed by atoms with Crippen LogP contribution in [0.3, 0.4) is 0 Å². The molecule has 2 amide bonds. The lowest BCUT2D eigenvalue weighted by Crippen LogP contribution is -2.52. The lowest BCUT2D eigenvalue weighted by atomic mass is 10.0. The van der Waals surface area contributed by atoms with Crippen molar-refractivity contribution in [1.82, 2.24) is 10.2 Å². The molecule has 114 valence electrons. The fourth-order valence-electron chi connectivity index (χ4n) is 2.60. The maximum Gasteiger partial charge on any atom is 0.268 e. The van der Waals surface area contributed by atoms with Crippen molar-refractivity contribution >= 4 is 23.2 Å². The summed E-state index contributed by atoms with van der Waals surface area (Å²) in [6, 6.07) is 10.5. The summed E-state index contributed by atoms with van der Waals surface area (Å²) >= 11 is 1.33. The van der Waals surface area contributed by atoms with Crippen LogP contribution in [0.15, 0.2) is 41.8 Å². The van der Waals surface area contributed by atoms with Gasteiger partial charge in [0.15, 0.2) is 0 Å². The molecule has 1 aliphatic rings. The average molecular weight is 316 g/mol. The van der Waals surface area contributed by atoms with Gasteiger partial charge >= 0.3 is 0 Å². The van der Waals surface area contributed by atoms with Gasteiger partial charge in [-0.3, -0.25) is 9.59 Å². The molecule has 0 saturated carbocycles. The number of thiophene rings is 1. The molecule has 1 unspecified atom stereocenters. The number of hydrogen-bond acceptors (Lipinski definition) is 4. The minimum atomic E-state index is -0.603. The van der Waals surface area contributed by atoms with Crippen LogP contribution in [0, 0.1) is 0 Å². The van der Waals surface area contributed by atoms with Crippen molar-refractivity contribution in [3.63, 3.8) is 0 Å². The van der Waals surface area contributed by atoms with E-state index in [9.17, 15) is 9.59 Å². The van der Waals surface area contributed by atoms with Crippen LogP contribution in [-0.2, 0) is 4.79 Å². The van der Waals surface area contributed by atoms with Gasteiger partial charge in [0.05, 0.1) is 7.11 Å². The zero-order valence-electron chi connectivity index (χ0n) is 12.1. The second kappa shape index (κ2) is 6.19. The van der Waals surface area contributed by atoms with Crippen molar-refractivity contribution < 1.29 is 14.3 Å². The first-order valence-corrected chi connectivity index (χ1v) is 7.85. The van der Waals surface area contributed by atoms with E-state index in [0.717, 1.165) is 5.56 Å². The van der Waals surface area contributed by atoms with Crippen molar-refractivity contribution in [1.29, 1.82) is 0 Å². The highest BCUT2D eigenvalue weighted by Gasteiger charge is 2.36. The lowest BCUT2D eigenvalue weighted by molar-refractivity contribution is -0.128. The summed E-state index contributed by atoms with van der Waals surface area (Å²) in [6.45, 7) is 0.937. The van der Waals surface area contributed by atoms with Gasteiger partial charge < -0.3 is 15.0 Å². The van der Waals surface area contributed by atoms with Gasteiger partial charge in [-0.05, 0) is 17.0 Å². The molecular formula is C16H16N2O3S. The highest BCUT2D eigenvalue weighted by Crippen LogP contribution is 2.31. The van der Waals surface area contributed by atoms with Crippen LogP contribution in [0.4, 0.5) is 0 Å². The van der Waals surface area contributed by atoms with Crippen LogP contribution in [0.5, 0.6) is 5.75 Å². The number of rotatable bonds is 3. The third kappa shape index (κ3) is 2.57. The molecule has 0 aliphatic carbocycles. The van der Waals surface area contributed by atoms with Crippen molar-refractivity contribution in [2.45, 2.75) is 6.04 Å². The SMILES string of the molecule is COc1ccsc1C(=O)N1CCNC(=O)C1c1ccccc1. The van der Waals surface area contributed by atoms with Crippen molar-refractivity contribution in [3.05, 3.63) is 52.2 Å². The molecular weight excluding hydrogens is 300 g/mol. The second-order valence-corrected chi connectivity index (χ2v) is 5.84. The molecule has 2 aromatic rings. The monoisotopic (exact) mass is 316 g/mol. The molecule has 1 atom stereocenters. The molecule has 2 heterocycles. The van der Waals surface area contributed by atoms with Gasteiger partial charge in [-0.15, -0.1) is 11.3 Å². The molecule has 22 heavy (non-hydrogen) atoms. The summed E-state index contributed by atoms with van der Waals surface area (Å²) in [6.07, 6.45) is 0. The number of nitrogens with zero attached hydrogens (tertiary/aromatic N) is 1. The van der Waals surface area contributed by atoms with Crippen LogP contribution in [0.2, 0.25) is 0 Å². The summed E-state index contributed by atoms with van der Waals surface area (Å²) in [4.78, 5) is 27.3. The van der Waals surface area contributed by atoms with E-state index in [1.54, 1.807) is 11.0 Å². The third-order valence-electron chi connectivity index (χ3n) is 3.63. The van der Waals surface area contributed by atoms with Gasteiger partial charge in [0, 0.05) is 13.1 Å². The van der Waals surface area contributed by atoms with Gasteiger partial charge in [-0.25, -0.2) is 0 Å². The second-order valence-electron chi connectivity index (χ2n) is 4.92. The van der Waals surface area contributed by atoms with E-state index < -0.39 is 6.04 Å². The van der Waals surface area contributed by atoms with E-state index in [1.165, 1.54) is 18.4 Å². The molecule has 0 bridgehead atoms. The Bertz CT molecular complexity index is 684. The van der Waals surface area contributed by atoms with Crippen molar-refractivity contribution in [2.75, 3.05) is 20.2 Å². The number of nitrogens with one attached hydrogen (secondary N) is 1. The predicted octanol–water partition coefficient (Wildman–Crippen LogP) is 2.07. The summed E-state index contributed by atoms with van der Waals surface area (Å²) in [5.41, 5.74) is 0.809. The minimum absolute atomic E-state index is 0.152. The molecule has 1 saturated heterocycles.